The minimum absolute atomic E-state index is 0.480. The van der Waals surface area contributed by atoms with E-state index in [1.54, 1.807) is 0 Å². The molecule has 1 saturated carbocycles. The van der Waals surface area contributed by atoms with Gasteiger partial charge in [-0.3, -0.25) is 0 Å². The van der Waals surface area contributed by atoms with E-state index >= 15 is 0 Å². The summed E-state index contributed by atoms with van der Waals surface area (Å²) in [6, 6.07) is 11.6. The molecule has 1 aliphatic rings. The summed E-state index contributed by atoms with van der Waals surface area (Å²) >= 11 is 0. The molecule has 0 amide bonds. The molecule has 1 aromatic carbocycles. The maximum atomic E-state index is 2.59. The minimum atomic E-state index is 0.480. The summed E-state index contributed by atoms with van der Waals surface area (Å²) in [5.74, 6) is 0. The van der Waals surface area contributed by atoms with Gasteiger partial charge >= 0.3 is 0 Å². The summed E-state index contributed by atoms with van der Waals surface area (Å²) in [4.78, 5) is 2.59. The third-order valence-electron chi connectivity index (χ3n) is 4.75. The van der Waals surface area contributed by atoms with E-state index in [1.807, 2.05) is 0 Å². The number of benzene rings is 1. The summed E-state index contributed by atoms with van der Waals surface area (Å²) in [5, 5.41) is 0. The highest BCUT2D eigenvalue weighted by molar-refractivity contribution is 5.14. The first-order chi connectivity index (χ1) is 9.27. The zero-order chi connectivity index (χ0) is 14.8. The van der Waals surface area contributed by atoms with E-state index in [4.69, 9.17) is 0 Å². The van der Waals surface area contributed by atoms with Gasteiger partial charge in [0.15, 0.2) is 0 Å². The molecule has 112 valence electrons. The van der Waals surface area contributed by atoms with E-state index in [1.165, 1.54) is 31.4 Å². The molecular formula is C19H31N. The van der Waals surface area contributed by atoms with Crippen LogP contribution in [0.1, 0.15) is 52.5 Å². The van der Waals surface area contributed by atoms with Gasteiger partial charge in [-0.25, -0.2) is 0 Å². The Morgan fingerprint density at radius 3 is 2.10 bits per heavy atom. The Morgan fingerprint density at radius 1 is 1.00 bits per heavy atom. The molecule has 1 nitrogen and oxygen atoms in total. The lowest BCUT2D eigenvalue weighted by molar-refractivity contribution is 0.0359. The molecule has 1 fully saturated rings. The Bertz CT molecular complexity index is 403. The molecule has 1 heteroatoms. The summed E-state index contributed by atoms with van der Waals surface area (Å²) in [6.45, 7) is 10.9. The van der Waals surface area contributed by atoms with Crippen LogP contribution in [-0.4, -0.2) is 24.5 Å². The molecule has 2 rings (SSSR count). The predicted molar refractivity (Wildman–Crippen MR) is 88.0 cm³/mol. The number of hydrogen-bond acceptors (Lipinski definition) is 1. The minimum Gasteiger partial charge on any atom is -0.303 e. The second-order valence-electron chi connectivity index (χ2n) is 8.28. The predicted octanol–water partition coefficient (Wildman–Crippen LogP) is 4.77. The van der Waals surface area contributed by atoms with Crippen molar-refractivity contribution >= 4 is 0 Å². The van der Waals surface area contributed by atoms with Gasteiger partial charge in [-0.05, 0) is 49.1 Å². The average Bonchev–Trinajstić information content (AvgIpc) is 2.33. The van der Waals surface area contributed by atoms with Crippen molar-refractivity contribution in [2.24, 2.45) is 10.8 Å². The molecule has 0 radical (unpaired) electrons. The van der Waals surface area contributed by atoms with Crippen LogP contribution in [0.2, 0.25) is 0 Å². The lowest BCUT2D eigenvalue weighted by Gasteiger charge is -2.47. The molecule has 0 aliphatic heterocycles. The average molecular weight is 273 g/mol. The molecule has 0 N–H and O–H groups in total. The Morgan fingerprint density at radius 2 is 1.55 bits per heavy atom. The molecular weight excluding hydrogens is 242 g/mol. The first kappa shape index (κ1) is 15.6. The molecule has 0 saturated heterocycles. The molecule has 0 unspecified atom stereocenters. The third kappa shape index (κ3) is 4.34. The van der Waals surface area contributed by atoms with Crippen molar-refractivity contribution in [3.8, 4) is 0 Å². The van der Waals surface area contributed by atoms with Gasteiger partial charge in [0.2, 0.25) is 0 Å². The van der Waals surface area contributed by atoms with Crippen LogP contribution in [0.25, 0.3) is 0 Å². The van der Waals surface area contributed by atoms with Crippen LogP contribution >= 0.6 is 0 Å². The Labute approximate surface area is 125 Å². The van der Waals surface area contributed by atoms with Crippen molar-refractivity contribution in [1.29, 1.82) is 0 Å². The van der Waals surface area contributed by atoms with Crippen LogP contribution in [0.4, 0.5) is 0 Å². The maximum Gasteiger partial charge on any atom is 0.0102 e. The van der Waals surface area contributed by atoms with Gasteiger partial charge in [-0.2, -0.15) is 0 Å². The van der Waals surface area contributed by atoms with Gasteiger partial charge in [0.1, 0.15) is 0 Å². The van der Waals surface area contributed by atoms with Crippen LogP contribution in [0, 0.1) is 10.8 Å². The molecule has 0 spiro atoms. The highest BCUT2D eigenvalue weighted by Gasteiger charge is 2.39. The van der Waals surface area contributed by atoms with Crippen molar-refractivity contribution in [3.63, 3.8) is 0 Å². The van der Waals surface area contributed by atoms with Crippen molar-refractivity contribution in [3.05, 3.63) is 35.9 Å². The van der Waals surface area contributed by atoms with Gasteiger partial charge in [0.05, 0.1) is 0 Å². The van der Waals surface area contributed by atoms with Crippen LogP contribution in [0.5, 0.6) is 0 Å². The zero-order valence-corrected chi connectivity index (χ0v) is 13.9. The van der Waals surface area contributed by atoms with Crippen LogP contribution < -0.4 is 0 Å². The van der Waals surface area contributed by atoms with Crippen LogP contribution in [0.15, 0.2) is 30.3 Å². The van der Waals surface area contributed by atoms with Gasteiger partial charge in [-0.1, -0.05) is 58.0 Å². The quantitative estimate of drug-likeness (QED) is 0.764. The third-order valence-corrected chi connectivity index (χ3v) is 4.75. The fraction of sp³-hybridized carbons (Fsp3) is 0.684. The summed E-state index contributed by atoms with van der Waals surface area (Å²) in [5.41, 5.74) is 2.41. The second kappa shape index (κ2) is 5.89. The largest absolute Gasteiger partial charge is 0.303 e. The zero-order valence-electron chi connectivity index (χ0n) is 13.9. The standard InChI is InChI=1S/C19H31N/c1-18(2)13-17(14-19(3,4)15-18)20(5)12-11-16-9-7-6-8-10-16/h6-10,17H,11-15H2,1-5H3. The van der Waals surface area contributed by atoms with Crippen molar-refractivity contribution in [2.45, 2.75) is 59.4 Å². The molecule has 0 heterocycles. The first-order valence-corrected chi connectivity index (χ1v) is 8.02. The summed E-state index contributed by atoms with van der Waals surface area (Å²) in [7, 11) is 2.31. The molecule has 20 heavy (non-hydrogen) atoms. The smallest absolute Gasteiger partial charge is 0.0102 e. The highest BCUT2D eigenvalue weighted by Crippen LogP contribution is 2.46. The van der Waals surface area contributed by atoms with Gasteiger partial charge < -0.3 is 4.90 Å². The van der Waals surface area contributed by atoms with Crippen molar-refractivity contribution < 1.29 is 0 Å². The second-order valence-corrected chi connectivity index (χ2v) is 8.28. The molecule has 1 aromatic rings. The van der Waals surface area contributed by atoms with Gasteiger partial charge in [0.25, 0.3) is 0 Å². The summed E-state index contributed by atoms with van der Waals surface area (Å²) in [6.07, 6.45) is 5.18. The van der Waals surface area contributed by atoms with E-state index < -0.39 is 0 Å². The first-order valence-electron chi connectivity index (χ1n) is 8.02. The Balaban J connectivity index is 1.93. The molecule has 0 aromatic heterocycles. The van der Waals surface area contributed by atoms with Gasteiger partial charge in [0, 0.05) is 12.6 Å². The van der Waals surface area contributed by atoms with Crippen LogP contribution in [0.3, 0.4) is 0 Å². The van der Waals surface area contributed by atoms with E-state index in [0.29, 0.717) is 10.8 Å². The SMILES string of the molecule is CN(CCc1ccccc1)C1CC(C)(C)CC(C)(C)C1. The molecule has 0 atom stereocenters. The lowest BCUT2D eigenvalue weighted by Crippen LogP contribution is -2.45. The van der Waals surface area contributed by atoms with E-state index in [2.05, 4.69) is 70.0 Å². The number of nitrogens with zero attached hydrogens (tertiary/aromatic N) is 1. The summed E-state index contributed by atoms with van der Waals surface area (Å²) < 4.78 is 0. The van der Waals surface area contributed by atoms with E-state index in [-0.39, 0.29) is 0 Å². The number of hydrogen-bond donors (Lipinski definition) is 0. The van der Waals surface area contributed by atoms with E-state index in [9.17, 15) is 0 Å². The molecule has 1 aliphatic carbocycles. The highest BCUT2D eigenvalue weighted by atomic mass is 15.1. The van der Waals surface area contributed by atoms with Crippen LogP contribution in [-0.2, 0) is 6.42 Å². The number of rotatable bonds is 4. The number of likely N-dealkylation sites (N-methyl/N-ethyl adjacent to an activating group) is 1. The van der Waals surface area contributed by atoms with Gasteiger partial charge in [-0.15, -0.1) is 0 Å². The topological polar surface area (TPSA) is 3.24 Å². The fourth-order valence-corrected chi connectivity index (χ4v) is 4.23. The molecule has 0 bridgehead atoms. The normalized spacial score (nSPS) is 22.1. The fourth-order valence-electron chi connectivity index (χ4n) is 4.23. The van der Waals surface area contributed by atoms with Crippen molar-refractivity contribution in [1.82, 2.24) is 4.90 Å². The Kier molecular flexibility index (Phi) is 4.59. The lowest BCUT2D eigenvalue weighted by atomic mass is 9.63. The van der Waals surface area contributed by atoms with E-state index in [0.717, 1.165) is 12.5 Å². The maximum absolute atomic E-state index is 2.59. The monoisotopic (exact) mass is 273 g/mol. The Hall–Kier alpha value is -0.820. The van der Waals surface area contributed by atoms with Crippen molar-refractivity contribution in [2.75, 3.05) is 13.6 Å².